The number of aromatic nitrogens is 5. The third kappa shape index (κ3) is 5.81. The van der Waals surface area contributed by atoms with Gasteiger partial charge < -0.3 is 14.0 Å². The third-order valence-corrected chi connectivity index (χ3v) is 9.92. The number of carbonyl (C=O) groups excluding carboxylic acids is 2. The van der Waals surface area contributed by atoms with Gasteiger partial charge in [-0.1, -0.05) is 31.8 Å². The van der Waals surface area contributed by atoms with Crippen molar-refractivity contribution in [2.75, 3.05) is 11.5 Å². The lowest BCUT2D eigenvalue weighted by atomic mass is 10.1. The number of amides is 2. The zero-order chi connectivity index (χ0) is 32.9. The van der Waals surface area contributed by atoms with Crippen molar-refractivity contribution < 1.29 is 23.5 Å². The molecule has 0 fully saturated rings. The molecule has 0 N–H and O–H groups in total. The van der Waals surface area contributed by atoms with Crippen LogP contribution in [-0.4, -0.2) is 50.8 Å². The van der Waals surface area contributed by atoms with Gasteiger partial charge in [-0.3, -0.25) is 9.59 Å². The van der Waals surface area contributed by atoms with Gasteiger partial charge in [0.15, 0.2) is 11.6 Å². The monoisotopic (exact) mass is 648 g/mol. The number of rotatable bonds is 10. The number of nitrogens with zero attached hydrogens (tertiary/aromatic N) is 6. The van der Waals surface area contributed by atoms with E-state index < -0.39 is 31.8 Å². The molecule has 6 aromatic rings. The van der Waals surface area contributed by atoms with Gasteiger partial charge in [-0.25, -0.2) is 23.9 Å². The van der Waals surface area contributed by atoms with Gasteiger partial charge in [0.2, 0.25) is 0 Å². The predicted octanol–water partition coefficient (Wildman–Crippen LogP) is 7.16. The minimum absolute atomic E-state index is 0.0321. The maximum absolute atomic E-state index is 14.3. The molecule has 1 aliphatic heterocycles. The Kier molecular flexibility index (Phi) is 7.69. The van der Waals surface area contributed by atoms with Crippen molar-refractivity contribution in [3.8, 4) is 11.4 Å². The molecule has 0 aliphatic carbocycles. The van der Waals surface area contributed by atoms with E-state index in [9.17, 15) is 14.0 Å². The molecule has 0 bridgehead atoms. The maximum Gasteiger partial charge on any atom is 0.267 e. The van der Waals surface area contributed by atoms with Gasteiger partial charge in [0.05, 0.1) is 39.7 Å². The second kappa shape index (κ2) is 11.9. The van der Waals surface area contributed by atoms with Crippen molar-refractivity contribution >= 4 is 47.6 Å². The summed E-state index contributed by atoms with van der Waals surface area (Å²) in [5, 5.41) is 4.92. The number of hydrogen-bond donors (Lipinski definition) is 0. The van der Waals surface area contributed by atoms with Crippen molar-refractivity contribution in [2.24, 2.45) is 0 Å². The fourth-order valence-corrected chi connectivity index (χ4v) is 6.45. The molecular weight excluding hydrogens is 616 g/mol. The maximum atomic E-state index is 14.3. The van der Waals surface area contributed by atoms with Crippen LogP contribution in [0.1, 0.15) is 39.3 Å². The summed E-state index contributed by atoms with van der Waals surface area (Å²) in [4.78, 5) is 37.4. The van der Waals surface area contributed by atoms with Gasteiger partial charge >= 0.3 is 0 Å². The number of halogens is 1. The number of imidazole rings is 1. The van der Waals surface area contributed by atoms with E-state index in [-0.39, 0.29) is 22.7 Å². The number of benzene rings is 3. The van der Waals surface area contributed by atoms with Crippen LogP contribution in [0, 0.1) is 5.82 Å². The van der Waals surface area contributed by atoms with E-state index >= 15 is 0 Å². The van der Waals surface area contributed by atoms with Crippen LogP contribution in [0.15, 0.2) is 85.5 Å². The fraction of sp³-hybridized carbons (Fsp3) is 0.229. The summed E-state index contributed by atoms with van der Waals surface area (Å²) in [5.74, 6) is -1.27. The smallest absolute Gasteiger partial charge is 0.267 e. The second-order valence-electron chi connectivity index (χ2n) is 12.8. The highest BCUT2D eigenvalue weighted by Crippen LogP contribution is 2.39. The van der Waals surface area contributed by atoms with E-state index in [0.29, 0.717) is 24.2 Å². The number of fused-ring (bicyclic) bond motifs is 3. The predicted molar refractivity (Wildman–Crippen MR) is 179 cm³/mol. The summed E-state index contributed by atoms with van der Waals surface area (Å²) >= 11 is 0. The molecule has 10 nitrogen and oxygen atoms in total. The molecule has 0 saturated carbocycles. The zero-order valence-electron chi connectivity index (χ0n) is 26.5. The summed E-state index contributed by atoms with van der Waals surface area (Å²) in [6.07, 6.45) is 4.63. The molecule has 1 atom stereocenters. The first-order chi connectivity index (χ1) is 22.6. The number of imide groups is 1. The van der Waals surface area contributed by atoms with Crippen LogP contribution in [0.3, 0.4) is 0 Å². The van der Waals surface area contributed by atoms with Crippen LogP contribution in [0.25, 0.3) is 27.6 Å². The Bertz CT molecular complexity index is 2120. The van der Waals surface area contributed by atoms with E-state index in [4.69, 9.17) is 9.47 Å². The van der Waals surface area contributed by atoms with Crippen molar-refractivity contribution in [1.29, 1.82) is 0 Å². The molecule has 12 heteroatoms. The van der Waals surface area contributed by atoms with Crippen molar-refractivity contribution in [1.82, 2.24) is 24.3 Å². The van der Waals surface area contributed by atoms with E-state index in [1.54, 1.807) is 47.5 Å². The highest BCUT2D eigenvalue weighted by Gasteiger charge is 2.39. The Labute approximate surface area is 271 Å². The molecule has 238 valence electrons. The largest absolute Gasteiger partial charge is 0.482 e. The highest BCUT2D eigenvalue weighted by molar-refractivity contribution is 6.76. The topological polar surface area (TPSA) is 104 Å². The van der Waals surface area contributed by atoms with Crippen LogP contribution in [-0.2, 0) is 11.5 Å². The molecule has 1 aliphatic rings. The van der Waals surface area contributed by atoms with Gasteiger partial charge in [0.25, 0.3) is 11.8 Å². The molecule has 0 spiro atoms. The first-order valence-corrected chi connectivity index (χ1v) is 19.1. The number of anilines is 1. The Hall–Kier alpha value is -5.20. The number of pyridine rings is 1. The Balaban J connectivity index is 1.30. The molecule has 0 saturated heterocycles. The van der Waals surface area contributed by atoms with Gasteiger partial charge in [0, 0.05) is 38.0 Å². The summed E-state index contributed by atoms with van der Waals surface area (Å²) in [5.41, 5.74) is 4.08. The lowest BCUT2D eigenvalue weighted by Gasteiger charge is -2.23. The minimum Gasteiger partial charge on any atom is -0.482 e. The van der Waals surface area contributed by atoms with Gasteiger partial charge in [0.1, 0.15) is 18.7 Å². The molecule has 4 heterocycles. The number of carbonyl (C=O) groups is 2. The summed E-state index contributed by atoms with van der Waals surface area (Å²) in [6.45, 7) is 9.82. The van der Waals surface area contributed by atoms with E-state index in [1.165, 1.54) is 18.2 Å². The molecular formula is C35H33FN6O4Si. The van der Waals surface area contributed by atoms with E-state index in [1.807, 2.05) is 35.9 Å². The van der Waals surface area contributed by atoms with Gasteiger partial charge in [-0.15, -0.1) is 0 Å². The average molecular weight is 649 g/mol. The van der Waals surface area contributed by atoms with Gasteiger partial charge in [-0.2, -0.15) is 5.10 Å². The fourth-order valence-electron chi connectivity index (χ4n) is 5.69. The molecule has 0 radical (unpaired) electrons. The molecule has 1 unspecified atom stereocenters. The zero-order valence-corrected chi connectivity index (χ0v) is 27.5. The Morgan fingerprint density at radius 2 is 1.70 bits per heavy atom. The van der Waals surface area contributed by atoms with E-state index in [2.05, 4.69) is 34.7 Å². The standard InChI is InChI=1S/C35H33FN6O4Si/c1-22(27-18-31-29(19-30(27)41-13-7-12-38-41)37-20-40(31)21-45-14-15-47(2,3)4)46-32-17-23-16-24(36)10-11-28(23)39-33(32)42-34(43)25-8-5-6-9-26(25)35(42)44/h5-13,16-20,22H,14-15,21H2,1-4H3. The average Bonchev–Trinajstić information content (AvgIpc) is 3.77. The van der Waals surface area contributed by atoms with Crippen molar-refractivity contribution in [2.45, 2.75) is 45.4 Å². The molecule has 2 amide bonds. The molecule has 47 heavy (non-hydrogen) atoms. The van der Waals surface area contributed by atoms with Crippen LogP contribution in [0.2, 0.25) is 25.7 Å². The Morgan fingerprint density at radius 1 is 0.936 bits per heavy atom. The number of ether oxygens (including phenoxy) is 2. The SMILES string of the molecule is CC(Oc1cc2cc(F)ccc2nc1N1C(=O)c2ccccc2C1=O)c1cc2c(cc1-n1cccn1)ncn2COCC[Si](C)(C)C. The van der Waals surface area contributed by atoms with Gasteiger partial charge in [-0.05, 0) is 67.6 Å². The van der Waals surface area contributed by atoms with Crippen LogP contribution >= 0.6 is 0 Å². The summed E-state index contributed by atoms with van der Waals surface area (Å²) in [7, 11) is -1.24. The van der Waals surface area contributed by atoms with Crippen molar-refractivity contribution in [3.63, 3.8) is 0 Å². The van der Waals surface area contributed by atoms with Crippen LogP contribution in [0.4, 0.5) is 10.2 Å². The third-order valence-electron chi connectivity index (χ3n) is 8.22. The summed E-state index contributed by atoms with van der Waals surface area (Å²) < 4.78 is 30.6. The molecule has 3 aromatic heterocycles. The lowest BCUT2D eigenvalue weighted by molar-refractivity contribution is 0.0898. The van der Waals surface area contributed by atoms with Crippen LogP contribution in [0.5, 0.6) is 5.75 Å². The quantitative estimate of drug-likeness (QED) is 0.0882. The van der Waals surface area contributed by atoms with Crippen LogP contribution < -0.4 is 9.64 Å². The molecule has 3 aromatic carbocycles. The Morgan fingerprint density at radius 3 is 2.40 bits per heavy atom. The summed E-state index contributed by atoms with van der Waals surface area (Å²) in [6, 6.07) is 19.2. The normalized spacial score (nSPS) is 13.9. The minimum atomic E-state index is -1.24. The molecule has 7 rings (SSSR count). The highest BCUT2D eigenvalue weighted by atomic mass is 28.3. The second-order valence-corrected chi connectivity index (χ2v) is 18.4. The first-order valence-electron chi connectivity index (χ1n) is 15.4. The first kappa shape index (κ1) is 30.5. The van der Waals surface area contributed by atoms with E-state index in [0.717, 1.165) is 33.2 Å². The van der Waals surface area contributed by atoms with Crippen molar-refractivity contribution in [3.05, 3.63) is 108 Å². The lowest BCUT2D eigenvalue weighted by Crippen LogP contribution is -2.31. The number of hydrogen-bond acceptors (Lipinski definition) is 7.